The molecule has 1 aromatic rings. The summed E-state index contributed by atoms with van der Waals surface area (Å²) in [4.78, 5) is 12.1. The summed E-state index contributed by atoms with van der Waals surface area (Å²) in [5.41, 5.74) is 1.04. The molecule has 3 nitrogen and oxygen atoms in total. The Morgan fingerprint density at radius 3 is 2.94 bits per heavy atom. The number of benzene rings is 1. The molecule has 1 unspecified atom stereocenters. The Morgan fingerprint density at radius 2 is 2.29 bits per heavy atom. The zero-order valence-electron chi connectivity index (χ0n) is 10.1. The van der Waals surface area contributed by atoms with E-state index in [1.807, 2.05) is 13.8 Å². The van der Waals surface area contributed by atoms with E-state index < -0.39 is 5.41 Å². The van der Waals surface area contributed by atoms with Crippen LogP contribution in [0.2, 0.25) is 0 Å². The normalized spacial score (nSPS) is 23.7. The van der Waals surface area contributed by atoms with Crippen molar-refractivity contribution in [2.45, 2.75) is 20.3 Å². The Hall–Kier alpha value is -1.42. The van der Waals surface area contributed by atoms with E-state index in [4.69, 9.17) is 0 Å². The highest BCUT2D eigenvalue weighted by molar-refractivity contribution is 5.96. The molecular formula is C13H17FN2O. The summed E-state index contributed by atoms with van der Waals surface area (Å²) in [7, 11) is 0. The van der Waals surface area contributed by atoms with E-state index in [2.05, 4.69) is 10.6 Å². The van der Waals surface area contributed by atoms with E-state index in [1.165, 1.54) is 12.1 Å². The van der Waals surface area contributed by atoms with Gasteiger partial charge >= 0.3 is 0 Å². The molecule has 1 saturated heterocycles. The smallest absolute Gasteiger partial charge is 0.231 e. The van der Waals surface area contributed by atoms with Crippen LogP contribution in [0.3, 0.4) is 0 Å². The molecule has 2 N–H and O–H groups in total. The standard InChI is InChI=1S/C13H17FN2O/c1-9-3-4-10(14)7-11(9)16-12(17)13(2)5-6-15-8-13/h3-4,7,15H,5-6,8H2,1-2H3,(H,16,17). The number of anilines is 1. The average Bonchev–Trinajstić information content (AvgIpc) is 2.72. The molecule has 1 fully saturated rings. The Morgan fingerprint density at radius 1 is 1.53 bits per heavy atom. The number of carbonyl (C=O) groups excluding carboxylic acids is 1. The molecule has 1 amide bonds. The molecular weight excluding hydrogens is 219 g/mol. The van der Waals surface area contributed by atoms with Gasteiger partial charge in [0, 0.05) is 12.2 Å². The van der Waals surface area contributed by atoms with Gasteiger partial charge in [-0.1, -0.05) is 6.07 Å². The summed E-state index contributed by atoms with van der Waals surface area (Å²) in [6.45, 7) is 5.31. The van der Waals surface area contributed by atoms with Crippen LogP contribution in [0.4, 0.5) is 10.1 Å². The van der Waals surface area contributed by atoms with Crippen molar-refractivity contribution in [2.75, 3.05) is 18.4 Å². The monoisotopic (exact) mass is 236 g/mol. The van der Waals surface area contributed by atoms with E-state index in [1.54, 1.807) is 6.07 Å². The summed E-state index contributed by atoms with van der Waals surface area (Å²) in [6, 6.07) is 4.42. The van der Waals surface area contributed by atoms with Crippen LogP contribution in [0.25, 0.3) is 0 Å². The van der Waals surface area contributed by atoms with Crippen LogP contribution in [0.15, 0.2) is 18.2 Å². The van der Waals surface area contributed by atoms with Gasteiger partial charge in [0.05, 0.1) is 5.41 Å². The Balaban J connectivity index is 2.15. The second-order valence-electron chi connectivity index (χ2n) is 4.90. The highest BCUT2D eigenvalue weighted by atomic mass is 19.1. The van der Waals surface area contributed by atoms with E-state index in [0.717, 1.165) is 18.5 Å². The second-order valence-corrected chi connectivity index (χ2v) is 4.90. The van der Waals surface area contributed by atoms with E-state index >= 15 is 0 Å². The summed E-state index contributed by atoms with van der Waals surface area (Å²) in [6.07, 6.45) is 0.813. The first-order valence-electron chi connectivity index (χ1n) is 5.80. The van der Waals surface area contributed by atoms with Gasteiger partial charge in [-0.2, -0.15) is 0 Å². The van der Waals surface area contributed by atoms with Gasteiger partial charge in [-0.15, -0.1) is 0 Å². The lowest BCUT2D eigenvalue weighted by Gasteiger charge is -2.22. The molecule has 1 aromatic carbocycles. The molecule has 1 heterocycles. The summed E-state index contributed by atoms with van der Waals surface area (Å²) < 4.78 is 13.1. The molecule has 0 aromatic heterocycles. The minimum Gasteiger partial charge on any atom is -0.325 e. The van der Waals surface area contributed by atoms with Gasteiger partial charge in [-0.25, -0.2) is 4.39 Å². The minimum absolute atomic E-state index is 0.0452. The van der Waals surface area contributed by atoms with Crippen molar-refractivity contribution in [3.05, 3.63) is 29.6 Å². The first-order valence-corrected chi connectivity index (χ1v) is 5.80. The fraction of sp³-hybridized carbons (Fsp3) is 0.462. The van der Waals surface area contributed by atoms with Gasteiger partial charge in [-0.05, 0) is 44.5 Å². The topological polar surface area (TPSA) is 41.1 Å². The lowest BCUT2D eigenvalue weighted by molar-refractivity contribution is -0.123. The van der Waals surface area contributed by atoms with Gasteiger partial charge in [0.1, 0.15) is 5.82 Å². The van der Waals surface area contributed by atoms with Crippen LogP contribution in [-0.2, 0) is 4.79 Å². The Kier molecular flexibility index (Phi) is 3.15. The first-order chi connectivity index (χ1) is 8.01. The molecule has 1 aliphatic heterocycles. The third-order valence-electron chi connectivity index (χ3n) is 3.36. The van der Waals surface area contributed by atoms with Crippen molar-refractivity contribution >= 4 is 11.6 Å². The maximum atomic E-state index is 13.1. The molecule has 0 radical (unpaired) electrons. The lowest BCUT2D eigenvalue weighted by atomic mass is 9.88. The van der Waals surface area contributed by atoms with Crippen molar-refractivity contribution < 1.29 is 9.18 Å². The van der Waals surface area contributed by atoms with Crippen molar-refractivity contribution in [3.63, 3.8) is 0 Å². The summed E-state index contributed by atoms with van der Waals surface area (Å²) in [5, 5.41) is 5.99. The van der Waals surface area contributed by atoms with Crippen LogP contribution in [0.1, 0.15) is 18.9 Å². The zero-order valence-corrected chi connectivity index (χ0v) is 10.1. The van der Waals surface area contributed by atoms with Crippen LogP contribution >= 0.6 is 0 Å². The maximum Gasteiger partial charge on any atom is 0.231 e. The minimum atomic E-state index is -0.390. The van der Waals surface area contributed by atoms with Crippen molar-refractivity contribution in [1.29, 1.82) is 0 Å². The summed E-state index contributed by atoms with van der Waals surface area (Å²) in [5.74, 6) is -0.378. The number of rotatable bonds is 2. The average molecular weight is 236 g/mol. The highest BCUT2D eigenvalue weighted by Gasteiger charge is 2.36. The maximum absolute atomic E-state index is 13.1. The third-order valence-corrected chi connectivity index (χ3v) is 3.36. The molecule has 0 spiro atoms. The summed E-state index contributed by atoms with van der Waals surface area (Å²) >= 11 is 0. The first kappa shape index (κ1) is 12.0. The SMILES string of the molecule is Cc1ccc(F)cc1NC(=O)C1(C)CCNC1. The van der Waals surface area contributed by atoms with Crippen LogP contribution in [0.5, 0.6) is 0 Å². The molecule has 1 aliphatic rings. The Bertz CT molecular complexity index is 439. The quantitative estimate of drug-likeness (QED) is 0.825. The van der Waals surface area contributed by atoms with E-state index in [0.29, 0.717) is 12.2 Å². The highest BCUT2D eigenvalue weighted by Crippen LogP contribution is 2.27. The fourth-order valence-corrected chi connectivity index (χ4v) is 2.01. The molecule has 2 rings (SSSR count). The molecule has 0 aliphatic carbocycles. The predicted octanol–water partition coefficient (Wildman–Crippen LogP) is 2.07. The number of amides is 1. The van der Waals surface area contributed by atoms with Crippen LogP contribution in [-0.4, -0.2) is 19.0 Å². The van der Waals surface area contributed by atoms with Gasteiger partial charge < -0.3 is 10.6 Å². The van der Waals surface area contributed by atoms with Crippen LogP contribution in [0, 0.1) is 18.2 Å². The predicted molar refractivity (Wildman–Crippen MR) is 65.4 cm³/mol. The second kappa shape index (κ2) is 4.45. The number of carbonyl (C=O) groups is 1. The third kappa shape index (κ3) is 2.47. The van der Waals surface area contributed by atoms with Crippen molar-refractivity contribution in [3.8, 4) is 0 Å². The van der Waals surface area contributed by atoms with Gasteiger partial charge in [0.2, 0.25) is 5.91 Å². The number of nitrogens with one attached hydrogen (secondary N) is 2. The van der Waals surface area contributed by atoms with E-state index in [9.17, 15) is 9.18 Å². The zero-order chi connectivity index (χ0) is 12.5. The van der Waals surface area contributed by atoms with Gasteiger partial charge in [0.25, 0.3) is 0 Å². The van der Waals surface area contributed by atoms with Crippen LogP contribution < -0.4 is 10.6 Å². The number of halogens is 1. The number of hydrogen-bond acceptors (Lipinski definition) is 2. The Labute approximate surface area is 100 Å². The van der Waals surface area contributed by atoms with Gasteiger partial charge in [0.15, 0.2) is 0 Å². The van der Waals surface area contributed by atoms with E-state index in [-0.39, 0.29) is 11.7 Å². The molecule has 92 valence electrons. The molecule has 4 heteroatoms. The molecule has 17 heavy (non-hydrogen) atoms. The van der Waals surface area contributed by atoms with Gasteiger partial charge in [-0.3, -0.25) is 4.79 Å². The largest absolute Gasteiger partial charge is 0.325 e. The van der Waals surface area contributed by atoms with Crippen molar-refractivity contribution in [1.82, 2.24) is 5.32 Å². The number of aryl methyl sites for hydroxylation is 1. The molecule has 1 atom stereocenters. The molecule has 0 bridgehead atoms. The molecule has 0 saturated carbocycles. The lowest BCUT2D eigenvalue weighted by Crippen LogP contribution is -2.35. The number of hydrogen-bond donors (Lipinski definition) is 2. The fourth-order valence-electron chi connectivity index (χ4n) is 2.01. The van der Waals surface area contributed by atoms with Crippen molar-refractivity contribution in [2.24, 2.45) is 5.41 Å².